The first-order chi connectivity index (χ1) is 7.47. The van der Waals surface area contributed by atoms with Crippen LogP contribution in [0.4, 0.5) is 14.5 Å². The number of nitrogens with two attached hydrogens (primary N) is 1. The Morgan fingerprint density at radius 1 is 1.56 bits per heavy atom. The van der Waals surface area contributed by atoms with Gasteiger partial charge in [0.2, 0.25) is 0 Å². The normalized spacial score (nSPS) is 9.94. The topological polar surface area (TPSA) is 76.1 Å². The number of hydrogen-bond donors (Lipinski definition) is 1. The second kappa shape index (κ2) is 4.57. The van der Waals surface area contributed by atoms with Crippen LogP contribution in [0.3, 0.4) is 0 Å². The van der Waals surface area contributed by atoms with Crippen molar-refractivity contribution in [1.82, 2.24) is 0 Å². The molecule has 2 N–H and O–H groups in total. The van der Waals surface area contributed by atoms with E-state index in [-0.39, 0.29) is 22.6 Å². The average Bonchev–Trinajstić information content (AvgIpc) is 2.18. The molecule has 1 aromatic rings. The maximum atomic E-state index is 12.0. The second-order valence-corrected chi connectivity index (χ2v) is 2.95. The van der Waals surface area contributed by atoms with Crippen LogP contribution in [-0.4, -0.2) is 12.4 Å². The summed E-state index contributed by atoms with van der Waals surface area (Å²) in [6.45, 7) is -1.87. The van der Waals surface area contributed by atoms with Crippen LogP contribution in [0.5, 0.6) is 5.75 Å². The number of halogens is 2. The van der Waals surface area contributed by atoms with E-state index >= 15 is 0 Å². The van der Waals surface area contributed by atoms with Gasteiger partial charge in [-0.3, -0.25) is 4.79 Å². The Bertz CT molecular complexity index is 467. The lowest BCUT2D eigenvalue weighted by Gasteiger charge is -2.10. The lowest BCUT2D eigenvalue weighted by atomic mass is 10.0. The van der Waals surface area contributed by atoms with Gasteiger partial charge in [0, 0.05) is 5.69 Å². The molecule has 1 aromatic carbocycles. The van der Waals surface area contributed by atoms with Crippen molar-refractivity contribution < 1.29 is 18.3 Å². The average molecular weight is 226 g/mol. The second-order valence-electron chi connectivity index (χ2n) is 2.95. The zero-order valence-electron chi connectivity index (χ0n) is 8.33. The van der Waals surface area contributed by atoms with Crippen molar-refractivity contribution in [2.75, 3.05) is 5.73 Å². The Morgan fingerprint density at radius 3 is 2.62 bits per heavy atom. The lowest BCUT2D eigenvalue weighted by Crippen LogP contribution is -2.08. The van der Waals surface area contributed by atoms with Crippen molar-refractivity contribution in [2.45, 2.75) is 13.5 Å². The summed E-state index contributed by atoms with van der Waals surface area (Å²) in [4.78, 5) is 11.2. The van der Waals surface area contributed by atoms with Gasteiger partial charge in [-0.2, -0.15) is 14.0 Å². The molecule has 0 spiro atoms. The van der Waals surface area contributed by atoms with Gasteiger partial charge < -0.3 is 10.5 Å². The molecule has 0 saturated heterocycles. The number of carbonyl (C=O) groups is 1. The molecule has 84 valence electrons. The molecule has 0 radical (unpaired) electrons. The van der Waals surface area contributed by atoms with Crippen LogP contribution < -0.4 is 10.5 Å². The van der Waals surface area contributed by atoms with Crippen molar-refractivity contribution in [3.63, 3.8) is 0 Å². The standard InChI is InChI=1S/C10H8F2N2O2/c1-5(15)9-6(4-13)8(16-10(11)12)3-2-7(9)14/h2-3,10H,14H2,1H3. The number of anilines is 1. The van der Waals surface area contributed by atoms with Crippen LogP contribution in [0.1, 0.15) is 22.8 Å². The summed E-state index contributed by atoms with van der Waals surface area (Å²) >= 11 is 0. The summed E-state index contributed by atoms with van der Waals surface area (Å²) in [7, 11) is 0. The van der Waals surface area contributed by atoms with E-state index in [0.29, 0.717) is 0 Å². The molecule has 0 fully saturated rings. The Kier molecular flexibility index (Phi) is 3.40. The summed E-state index contributed by atoms with van der Waals surface area (Å²) in [5, 5.41) is 8.80. The van der Waals surface area contributed by atoms with Gasteiger partial charge in [-0.05, 0) is 19.1 Å². The molecule has 0 amide bonds. The van der Waals surface area contributed by atoms with Gasteiger partial charge in [0.15, 0.2) is 5.78 Å². The van der Waals surface area contributed by atoms with Gasteiger partial charge in [0.05, 0.1) is 5.56 Å². The Hall–Kier alpha value is -2.16. The summed E-state index contributed by atoms with van der Waals surface area (Å²) in [5.41, 5.74) is 5.18. The first-order valence-corrected chi connectivity index (χ1v) is 4.25. The smallest absolute Gasteiger partial charge is 0.387 e. The van der Waals surface area contributed by atoms with Crippen molar-refractivity contribution in [3.05, 3.63) is 23.3 Å². The molecule has 0 saturated carbocycles. The number of alkyl halides is 2. The fourth-order valence-corrected chi connectivity index (χ4v) is 1.28. The molecule has 0 aliphatic rings. The predicted octanol–water partition coefficient (Wildman–Crippen LogP) is 1.94. The first kappa shape index (κ1) is 11.9. The number of ketones is 1. The van der Waals surface area contributed by atoms with Gasteiger partial charge in [0.1, 0.15) is 17.4 Å². The first-order valence-electron chi connectivity index (χ1n) is 4.25. The molecule has 4 nitrogen and oxygen atoms in total. The Labute approximate surface area is 90.2 Å². The summed E-state index contributed by atoms with van der Waals surface area (Å²) in [5.74, 6) is -0.828. The largest absolute Gasteiger partial charge is 0.433 e. The molecule has 0 aliphatic heterocycles. The molecule has 0 atom stereocenters. The Morgan fingerprint density at radius 2 is 2.19 bits per heavy atom. The fraction of sp³-hybridized carbons (Fsp3) is 0.200. The number of ether oxygens (including phenoxy) is 1. The molecule has 0 aliphatic carbocycles. The molecule has 0 aromatic heterocycles. The highest BCUT2D eigenvalue weighted by Crippen LogP contribution is 2.28. The molecule has 1 rings (SSSR count). The Balaban J connectivity index is 3.38. The zero-order valence-corrected chi connectivity index (χ0v) is 8.33. The summed E-state index contributed by atoms with van der Waals surface area (Å²) in [6.07, 6.45) is 0. The van der Waals surface area contributed by atoms with Gasteiger partial charge in [-0.1, -0.05) is 0 Å². The number of Topliss-reactive ketones (excluding diaryl/α,β-unsaturated/α-hetero) is 1. The molecular formula is C10H8F2N2O2. The van der Waals surface area contributed by atoms with Crippen LogP contribution in [0.25, 0.3) is 0 Å². The van der Waals surface area contributed by atoms with Crippen LogP contribution in [0, 0.1) is 11.3 Å². The third-order valence-corrected chi connectivity index (χ3v) is 1.88. The van der Waals surface area contributed by atoms with Crippen LogP contribution in [0.15, 0.2) is 12.1 Å². The highest BCUT2D eigenvalue weighted by molar-refractivity contribution is 6.02. The zero-order chi connectivity index (χ0) is 12.3. The van der Waals surface area contributed by atoms with Crippen LogP contribution in [0.2, 0.25) is 0 Å². The predicted molar refractivity (Wildman–Crippen MR) is 52.2 cm³/mol. The number of hydrogen-bond acceptors (Lipinski definition) is 4. The lowest BCUT2D eigenvalue weighted by molar-refractivity contribution is -0.0500. The third-order valence-electron chi connectivity index (χ3n) is 1.88. The number of benzene rings is 1. The van der Waals surface area contributed by atoms with Crippen LogP contribution in [-0.2, 0) is 0 Å². The van der Waals surface area contributed by atoms with E-state index in [1.54, 1.807) is 6.07 Å². The number of nitrogen functional groups attached to an aromatic ring is 1. The highest BCUT2D eigenvalue weighted by Gasteiger charge is 2.18. The quantitative estimate of drug-likeness (QED) is 0.631. The molecular weight excluding hydrogens is 218 g/mol. The van der Waals surface area contributed by atoms with E-state index in [1.807, 2.05) is 0 Å². The summed E-state index contributed by atoms with van der Waals surface area (Å²) in [6, 6.07) is 4.01. The van der Waals surface area contributed by atoms with E-state index in [4.69, 9.17) is 11.0 Å². The van der Waals surface area contributed by atoms with Gasteiger partial charge in [0.25, 0.3) is 0 Å². The van der Waals surface area contributed by atoms with E-state index in [2.05, 4.69) is 4.74 Å². The van der Waals surface area contributed by atoms with E-state index in [9.17, 15) is 13.6 Å². The SMILES string of the molecule is CC(=O)c1c(N)ccc(OC(F)F)c1C#N. The number of carbonyl (C=O) groups excluding carboxylic acids is 1. The maximum Gasteiger partial charge on any atom is 0.387 e. The van der Waals surface area contributed by atoms with Gasteiger partial charge in [-0.25, -0.2) is 0 Å². The molecule has 16 heavy (non-hydrogen) atoms. The minimum absolute atomic E-state index is 0.0608. The van der Waals surface area contributed by atoms with E-state index in [1.165, 1.54) is 13.0 Å². The number of nitriles is 1. The summed E-state index contributed by atoms with van der Waals surface area (Å²) < 4.78 is 28.2. The van der Waals surface area contributed by atoms with Gasteiger partial charge in [-0.15, -0.1) is 0 Å². The fourth-order valence-electron chi connectivity index (χ4n) is 1.28. The maximum absolute atomic E-state index is 12.0. The molecule has 6 heteroatoms. The third kappa shape index (κ3) is 2.25. The van der Waals surface area contributed by atoms with Crippen molar-refractivity contribution in [1.29, 1.82) is 5.26 Å². The van der Waals surface area contributed by atoms with E-state index < -0.39 is 12.4 Å². The van der Waals surface area contributed by atoms with Gasteiger partial charge >= 0.3 is 6.61 Å². The monoisotopic (exact) mass is 226 g/mol. The molecule has 0 bridgehead atoms. The number of rotatable bonds is 3. The minimum atomic E-state index is -3.06. The minimum Gasteiger partial charge on any atom is -0.433 e. The van der Waals surface area contributed by atoms with E-state index in [0.717, 1.165) is 6.07 Å². The van der Waals surface area contributed by atoms with Crippen molar-refractivity contribution in [3.8, 4) is 11.8 Å². The molecule has 0 heterocycles. The number of nitrogens with zero attached hydrogens (tertiary/aromatic N) is 1. The molecule has 0 unspecified atom stereocenters. The van der Waals surface area contributed by atoms with Crippen molar-refractivity contribution >= 4 is 11.5 Å². The van der Waals surface area contributed by atoms with Crippen LogP contribution >= 0.6 is 0 Å². The van der Waals surface area contributed by atoms with Crippen molar-refractivity contribution in [2.24, 2.45) is 0 Å². The highest BCUT2D eigenvalue weighted by atomic mass is 19.3.